The Bertz CT molecular complexity index is 1010. The maximum Gasteiger partial charge on any atom is 0.295 e. The van der Waals surface area contributed by atoms with Crippen LogP contribution < -0.4 is 4.74 Å². The van der Waals surface area contributed by atoms with Gasteiger partial charge in [-0.05, 0) is 57.5 Å². The number of carbonyl (C=O) groups excluding carboxylic acids is 2. The number of rotatable bonds is 8. The molecule has 1 amide bonds. The molecule has 2 heterocycles. The quantitative estimate of drug-likeness (QED) is 0.277. The number of ketones is 1. The highest BCUT2D eigenvalue weighted by atomic mass is 35.5. The molecule has 1 aliphatic heterocycles. The number of hydrogen-bond donors (Lipinski definition) is 1. The number of carbonyl (C=O) groups is 2. The molecule has 0 radical (unpaired) electrons. The van der Waals surface area contributed by atoms with Crippen molar-refractivity contribution in [2.75, 3.05) is 20.3 Å². The lowest BCUT2D eigenvalue weighted by Gasteiger charge is -2.23. The van der Waals surface area contributed by atoms with Crippen molar-refractivity contribution in [2.24, 2.45) is 0 Å². The van der Waals surface area contributed by atoms with Crippen LogP contribution in [0.15, 0.2) is 40.3 Å². The summed E-state index contributed by atoms with van der Waals surface area (Å²) in [6.45, 7) is 6.33. The van der Waals surface area contributed by atoms with Crippen LogP contribution >= 0.6 is 11.6 Å². The van der Waals surface area contributed by atoms with Crippen LogP contribution in [0.2, 0.25) is 5.02 Å². The smallest absolute Gasteiger partial charge is 0.295 e. The van der Waals surface area contributed by atoms with Crippen molar-refractivity contribution in [3.8, 4) is 5.75 Å². The predicted molar refractivity (Wildman–Crippen MR) is 116 cm³/mol. The second kappa shape index (κ2) is 9.58. The number of amides is 1. The fourth-order valence-corrected chi connectivity index (χ4v) is 3.74. The minimum Gasteiger partial charge on any atom is -0.507 e. The van der Waals surface area contributed by atoms with Gasteiger partial charge in [-0.2, -0.15) is 0 Å². The lowest BCUT2D eigenvalue weighted by atomic mass is 9.98. The average Bonchev–Trinajstić information content (AvgIpc) is 3.26. The van der Waals surface area contributed by atoms with Crippen molar-refractivity contribution in [2.45, 2.75) is 39.3 Å². The third kappa shape index (κ3) is 4.78. The van der Waals surface area contributed by atoms with Crippen LogP contribution in [-0.4, -0.2) is 48.1 Å². The van der Waals surface area contributed by atoms with Crippen molar-refractivity contribution >= 4 is 29.1 Å². The second-order valence-electron chi connectivity index (χ2n) is 7.56. The molecule has 1 fully saturated rings. The Balaban J connectivity index is 2.07. The first kappa shape index (κ1) is 22.9. The zero-order valence-corrected chi connectivity index (χ0v) is 18.7. The van der Waals surface area contributed by atoms with Crippen LogP contribution in [0.25, 0.3) is 5.76 Å². The minimum absolute atomic E-state index is 0.0641. The third-order valence-corrected chi connectivity index (χ3v) is 5.22. The molecule has 0 bridgehead atoms. The molecule has 166 valence electrons. The van der Waals surface area contributed by atoms with Crippen molar-refractivity contribution in [3.63, 3.8) is 0 Å². The van der Waals surface area contributed by atoms with Gasteiger partial charge in [0.05, 0.1) is 24.4 Å². The summed E-state index contributed by atoms with van der Waals surface area (Å²) in [5.41, 5.74) is 0.161. The predicted octanol–water partition coefficient (Wildman–Crippen LogP) is 4.49. The SMILES string of the molecule is COc1ccc(Cl)cc1/C(O)=C1\C(=O)C(=O)N(CCCOC(C)C)C1c1ccc(C)o1. The fraction of sp³-hybridized carbons (Fsp3) is 0.391. The van der Waals surface area contributed by atoms with Gasteiger partial charge in [0.25, 0.3) is 11.7 Å². The molecule has 0 saturated carbocycles. The average molecular weight is 448 g/mol. The highest BCUT2D eigenvalue weighted by Crippen LogP contribution is 2.41. The van der Waals surface area contributed by atoms with Gasteiger partial charge < -0.3 is 23.9 Å². The van der Waals surface area contributed by atoms with E-state index in [1.54, 1.807) is 31.2 Å². The molecular formula is C23H26ClNO6. The Kier molecular flexibility index (Phi) is 7.08. The molecule has 1 aromatic heterocycles. The van der Waals surface area contributed by atoms with Gasteiger partial charge in [-0.25, -0.2) is 0 Å². The van der Waals surface area contributed by atoms with Crippen molar-refractivity contribution in [1.82, 2.24) is 4.90 Å². The van der Waals surface area contributed by atoms with Gasteiger partial charge in [-0.3, -0.25) is 9.59 Å². The van der Waals surface area contributed by atoms with Gasteiger partial charge in [-0.1, -0.05) is 11.6 Å². The summed E-state index contributed by atoms with van der Waals surface area (Å²) in [7, 11) is 1.45. The molecular weight excluding hydrogens is 422 g/mol. The molecule has 1 atom stereocenters. The van der Waals surface area contributed by atoms with E-state index in [1.165, 1.54) is 18.1 Å². The zero-order valence-electron chi connectivity index (χ0n) is 18.0. The molecule has 0 aliphatic carbocycles. The van der Waals surface area contributed by atoms with Crippen LogP contribution in [-0.2, 0) is 14.3 Å². The number of aliphatic hydroxyl groups excluding tert-OH is 1. The number of likely N-dealkylation sites (tertiary alicyclic amines) is 1. The van der Waals surface area contributed by atoms with E-state index in [4.69, 9.17) is 25.5 Å². The van der Waals surface area contributed by atoms with E-state index < -0.39 is 17.7 Å². The number of methoxy groups -OCH3 is 1. The molecule has 8 heteroatoms. The number of halogens is 1. The van der Waals surface area contributed by atoms with Gasteiger partial charge in [0.2, 0.25) is 0 Å². The summed E-state index contributed by atoms with van der Waals surface area (Å²) in [5, 5.41) is 11.5. The molecule has 7 nitrogen and oxygen atoms in total. The summed E-state index contributed by atoms with van der Waals surface area (Å²) in [6, 6.07) is 7.27. The maximum atomic E-state index is 13.0. The van der Waals surface area contributed by atoms with E-state index in [9.17, 15) is 14.7 Å². The number of hydrogen-bond acceptors (Lipinski definition) is 6. The number of nitrogens with zero attached hydrogens (tertiary/aromatic N) is 1. The Morgan fingerprint density at radius 1 is 1.26 bits per heavy atom. The molecule has 1 unspecified atom stereocenters. The van der Waals surface area contributed by atoms with Crippen LogP contribution in [0.1, 0.15) is 43.4 Å². The molecule has 1 N–H and O–H groups in total. The number of Topliss-reactive ketones (excluding diaryl/α,β-unsaturated/α-hetero) is 1. The highest BCUT2D eigenvalue weighted by Gasteiger charge is 2.47. The molecule has 31 heavy (non-hydrogen) atoms. The van der Waals surface area contributed by atoms with Crippen LogP contribution in [0.3, 0.4) is 0 Å². The van der Waals surface area contributed by atoms with E-state index in [0.29, 0.717) is 35.3 Å². The monoisotopic (exact) mass is 447 g/mol. The molecule has 2 aromatic rings. The van der Waals surface area contributed by atoms with Crippen molar-refractivity contribution in [1.29, 1.82) is 0 Å². The summed E-state index contributed by atoms with van der Waals surface area (Å²) in [4.78, 5) is 27.3. The number of ether oxygens (including phenoxy) is 2. The van der Waals surface area contributed by atoms with Gasteiger partial charge >= 0.3 is 0 Å². The number of benzene rings is 1. The minimum atomic E-state index is -0.864. The Morgan fingerprint density at radius 2 is 2.00 bits per heavy atom. The van der Waals surface area contributed by atoms with E-state index in [0.717, 1.165) is 0 Å². The first-order valence-corrected chi connectivity index (χ1v) is 10.4. The number of aliphatic hydroxyl groups is 1. The lowest BCUT2D eigenvalue weighted by Crippen LogP contribution is -2.31. The topological polar surface area (TPSA) is 89.2 Å². The van der Waals surface area contributed by atoms with Crippen LogP contribution in [0.5, 0.6) is 5.75 Å². The summed E-state index contributed by atoms with van der Waals surface area (Å²) >= 11 is 6.10. The molecule has 3 rings (SSSR count). The fourth-order valence-electron chi connectivity index (χ4n) is 3.57. The van der Waals surface area contributed by atoms with E-state index in [-0.39, 0.29) is 29.5 Å². The standard InChI is InChI=1S/C23H26ClNO6/c1-13(2)30-11-5-10-25-20(18-8-6-14(3)31-18)19(22(27)23(25)28)21(26)16-12-15(24)7-9-17(16)29-4/h6-9,12-13,20,26H,5,10-11H2,1-4H3/b21-19+. The Hall–Kier alpha value is -2.77. The van der Waals surface area contributed by atoms with Crippen molar-refractivity contribution in [3.05, 3.63) is 58.0 Å². The number of furan rings is 1. The van der Waals surface area contributed by atoms with Gasteiger partial charge in [0.1, 0.15) is 29.1 Å². The van der Waals surface area contributed by atoms with E-state index in [1.807, 2.05) is 13.8 Å². The third-order valence-electron chi connectivity index (χ3n) is 4.98. The van der Waals surface area contributed by atoms with Gasteiger partial charge in [0, 0.05) is 18.2 Å². The molecule has 0 spiro atoms. The van der Waals surface area contributed by atoms with Gasteiger partial charge in [-0.15, -0.1) is 0 Å². The largest absolute Gasteiger partial charge is 0.507 e. The molecule has 1 aliphatic rings. The Labute approximate surface area is 186 Å². The summed E-state index contributed by atoms with van der Waals surface area (Å²) < 4.78 is 16.6. The molecule has 1 aromatic carbocycles. The number of aryl methyl sites for hydroxylation is 1. The van der Waals surface area contributed by atoms with E-state index >= 15 is 0 Å². The normalized spacial score (nSPS) is 18.3. The summed E-state index contributed by atoms with van der Waals surface area (Å²) in [6.07, 6.45) is 0.594. The van der Waals surface area contributed by atoms with Crippen LogP contribution in [0.4, 0.5) is 0 Å². The second-order valence-corrected chi connectivity index (χ2v) is 8.00. The first-order valence-electron chi connectivity index (χ1n) is 10.0. The van der Waals surface area contributed by atoms with Crippen molar-refractivity contribution < 1.29 is 28.6 Å². The lowest BCUT2D eigenvalue weighted by molar-refractivity contribution is -0.140. The highest BCUT2D eigenvalue weighted by molar-refractivity contribution is 6.46. The van der Waals surface area contributed by atoms with Gasteiger partial charge in [0.15, 0.2) is 0 Å². The first-order chi connectivity index (χ1) is 14.7. The Morgan fingerprint density at radius 3 is 2.61 bits per heavy atom. The summed E-state index contributed by atoms with van der Waals surface area (Å²) in [5.74, 6) is -0.506. The zero-order chi connectivity index (χ0) is 22.7. The van der Waals surface area contributed by atoms with Crippen LogP contribution in [0, 0.1) is 6.92 Å². The molecule has 1 saturated heterocycles. The van der Waals surface area contributed by atoms with E-state index in [2.05, 4.69) is 0 Å². The maximum absolute atomic E-state index is 13.0.